The van der Waals surface area contributed by atoms with Crippen molar-refractivity contribution < 1.29 is 17.6 Å². The zero-order valence-electron chi connectivity index (χ0n) is 11.8. The zero-order valence-corrected chi connectivity index (χ0v) is 12.6. The molecule has 110 valence electrons. The van der Waals surface area contributed by atoms with Crippen molar-refractivity contribution >= 4 is 9.84 Å². The predicted molar refractivity (Wildman–Crippen MR) is 74.7 cm³/mol. The first kappa shape index (κ1) is 16.2. The second-order valence-corrected chi connectivity index (χ2v) is 7.03. The lowest BCUT2D eigenvalue weighted by Crippen LogP contribution is -2.21. The maximum absolute atomic E-state index is 11.8. The highest BCUT2D eigenvalue weighted by Gasteiger charge is 2.14. The summed E-state index contributed by atoms with van der Waals surface area (Å²) < 4.78 is 34.0. The standard InChI is InChI=1S/C13H23NO4S/c1-11(2)14-9-12-5-6-13(18-12)10-19(15,16)8-4-7-17-3/h5-6,11,14H,4,7-10H2,1-3H3. The number of ether oxygens (including phenoxy) is 1. The molecule has 0 spiro atoms. The molecule has 0 aliphatic heterocycles. The van der Waals surface area contributed by atoms with Crippen molar-refractivity contribution in [3.05, 3.63) is 23.7 Å². The summed E-state index contributed by atoms with van der Waals surface area (Å²) in [6.07, 6.45) is 0.515. The average Bonchev–Trinajstić information content (AvgIpc) is 2.73. The van der Waals surface area contributed by atoms with E-state index in [1.807, 2.05) is 19.9 Å². The normalized spacial score (nSPS) is 12.2. The van der Waals surface area contributed by atoms with Gasteiger partial charge in [-0.25, -0.2) is 8.42 Å². The van der Waals surface area contributed by atoms with Gasteiger partial charge in [-0.05, 0) is 18.6 Å². The van der Waals surface area contributed by atoms with Crippen molar-refractivity contribution in [2.45, 2.75) is 38.6 Å². The number of hydrogen-bond acceptors (Lipinski definition) is 5. The smallest absolute Gasteiger partial charge is 0.157 e. The van der Waals surface area contributed by atoms with Crippen molar-refractivity contribution in [3.63, 3.8) is 0 Å². The molecule has 0 fully saturated rings. The Hall–Kier alpha value is -0.850. The van der Waals surface area contributed by atoms with Crippen molar-refractivity contribution in [3.8, 4) is 0 Å². The minimum atomic E-state index is -3.12. The third kappa shape index (κ3) is 6.75. The average molecular weight is 289 g/mol. The molecule has 0 aliphatic rings. The molecule has 0 bridgehead atoms. The lowest BCUT2D eigenvalue weighted by Gasteiger charge is -2.05. The molecule has 1 heterocycles. The minimum Gasteiger partial charge on any atom is -0.464 e. The Kier molecular flexibility index (Phi) is 6.54. The Balaban J connectivity index is 2.48. The Morgan fingerprint density at radius 1 is 1.32 bits per heavy atom. The molecule has 0 radical (unpaired) electrons. The van der Waals surface area contributed by atoms with Crippen LogP contribution in [0.4, 0.5) is 0 Å². The maximum Gasteiger partial charge on any atom is 0.157 e. The Labute approximate surface area is 115 Å². The molecule has 1 N–H and O–H groups in total. The Bertz CT molecular complexity index is 465. The number of methoxy groups -OCH3 is 1. The van der Waals surface area contributed by atoms with Crippen LogP contribution in [0.3, 0.4) is 0 Å². The molecule has 1 aromatic heterocycles. The van der Waals surface area contributed by atoms with Gasteiger partial charge in [0.1, 0.15) is 17.3 Å². The SMILES string of the molecule is COCCCS(=O)(=O)Cc1ccc(CNC(C)C)o1. The van der Waals surface area contributed by atoms with Crippen LogP contribution in [0.1, 0.15) is 31.8 Å². The van der Waals surface area contributed by atoms with Gasteiger partial charge < -0.3 is 14.5 Å². The van der Waals surface area contributed by atoms with E-state index in [0.29, 0.717) is 31.4 Å². The highest BCUT2D eigenvalue weighted by molar-refractivity contribution is 7.90. The second kappa shape index (κ2) is 7.67. The summed E-state index contributed by atoms with van der Waals surface area (Å²) >= 11 is 0. The van der Waals surface area contributed by atoms with E-state index in [9.17, 15) is 8.42 Å². The van der Waals surface area contributed by atoms with E-state index in [1.54, 1.807) is 13.2 Å². The molecule has 0 saturated heterocycles. The van der Waals surface area contributed by atoms with E-state index in [0.717, 1.165) is 5.76 Å². The summed E-state index contributed by atoms with van der Waals surface area (Å²) in [5.41, 5.74) is 0. The van der Waals surface area contributed by atoms with Crippen LogP contribution < -0.4 is 5.32 Å². The molecule has 0 unspecified atom stereocenters. The van der Waals surface area contributed by atoms with Crippen LogP contribution in [0.15, 0.2) is 16.5 Å². The molecule has 0 aliphatic carbocycles. The molecular weight excluding hydrogens is 266 g/mol. The minimum absolute atomic E-state index is 0.0433. The van der Waals surface area contributed by atoms with Crippen molar-refractivity contribution in [1.29, 1.82) is 0 Å². The number of sulfone groups is 1. The van der Waals surface area contributed by atoms with Crippen molar-refractivity contribution in [2.24, 2.45) is 0 Å². The van der Waals surface area contributed by atoms with Gasteiger partial charge in [-0.15, -0.1) is 0 Å². The van der Waals surface area contributed by atoms with E-state index in [4.69, 9.17) is 9.15 Å². The van der Waals surface area contributed by atoms with Crippen LogP contribution in [0.5, 0.6) is 0 Å². The van der Waals surface area contributed by atoms with Gasteiger partial charge in [-0.3, -0.25) is 0 Å². The molecular formula is C13H23NO4S. The number of hydrogen-bond donors (Lipinski definition) is 1. The molecule has 5 nitrogen and oxygen atoms in total. The zero-order chi connectivity index (χ0) is 14.3. The van der Waals surface area contributed by atoms with Crippen LogP contribution >= 0.6 is 0 Å². The third-order valence-electron chi connectivity index (χ3n) is 2.57. The van der Waals surface area contributed by atoms with E-state index >= 15 is 0 Å². The third-order valence-corrected chi connectivity index (χ3v) is 4.20. The van der Waals surface area contributed by atoms with Crippen LogP contribution in [0, 0.1) is 0 Å². The van der Waals surface area contributed by atoms with Gasteiger partial charge in [-0.2, -0.15) is 0 Å². The van der Waals surface area contributed by atoms with E-state index in [-0.39, 0.29) is 11.5 Å². The highest BCUT2D eigenvalue weighted by atomic mass is 32.2. The quantitative estimate of drug-likeness (QED) is 0.701. The Morgan fingerprint density at radius 3 is 2.63 bits per heavy atom. The summed E-state index contributed by atoms with van der Waals surface area (Å²) in [7, 11) is -1.56. The van der Waals surface area contributed by atoms with Gasteiger partial charge in [0.2, 0.25) is 0 Å². The molecule has 0 saturated carbocycles. The van der Waals surface area contributed by atoms with Crippen molar-refractivity contribution in [2.75, 3.05) is 19.5 Å². The van der Waals surface area contributed by atoms with E-state index in [2.05, 4.69) is 5.32 Å². The van der Waals surface area contributed by atoms with Gasteiger partial charge in [0, 0.05) is 19.8 Å². The molecule has 0 atom stereocenters. The van der Waals surface area contributed by atoms with Crippen LogP contribution in [-0.4, -0.2) is 33.9 Å². The fourth-order valence-electron chi connectivity index (χ4n) is 1.61. The molecule has 0 amide bonds. The summed E-state index contributed by atoms with van der Waals surface area (Å²) in [5.74, 6) is 1.34. The first-order chi connectivity index (χ1) is 8.93. The second-order valence-electron chi connectivity index (χ2n) is 4.84. The topological polar surface area (TPSA) is 68.5 Å². The lowest BCUT2D eigenvalue weighted by atomic mass is 10.3. The summed E-state index contributed by atoms with van der Waals surface area (Å²) in [6.45, 7) is 5.16. The molecule has 1 aromatic rings. The molecule has 6 heteroatoms. The number of nitrogens with one attached hydrogen (secondary N) is 1. The van der Waals surface area contributed by atoms with Crippen LogP contribution in [0.25, 0.3) is 0 Å². The first-order valence-corrected chi connectivity index (χ1v) is 8.25. The maximum atomic E-state index is 11.8. The van der Waals surface area contributed by atoms with Crippen LogP contribution in [0.2, 0.25) is 0 Å². The van der Waals surface area contributed by atoms with Gasteiger partial charge in [0.25, 0.3) is 0 Å². The summed E-state index contributed by atoms with van der Waals surface area (Å²) in [6, 6.07) is 3.91. The summed E-state index contributed by atoms with van der Waals surface area (Å²) in [4.78, 5) is 0. The van der Waals surface area contributed by atoms with Crippen LogP contribution in [-0.2, 0) is 26.9 Å². The Morgan fingerprint density at radius 2 is 2.00 bits per heavy atom. The van der Waals surface area contributed by atoms with E-state index < -0.39 is 9.84 Å². The highest BCUT2D eigenvalue weighted by Crippen LogP contribution is 2.12. The molecule has 19 heavy (non-hydrogen) atoms. The summed E-state index contributed by atoms with van der Waals surface area (Å²) in [5, 5.41) is 3.22. The van der Waals surface area contributed by atoms with Gasteiger partial charge in [0.05, 0.1) is 12.3 Å². The van der Waals surface area contributed by atoms with Crippen molar-refractivity contribution in [1.82, 2.24) is 5.32 Å². The van der Waals surface area contributed by atoms with Gasteiger partial charge >= 0.3 is 0 Å². The fourth-order valence-corrected chi connectivity index (χ4v) is 2.90. The number of rotatable bonds is 9. The van der Waals surface area contributed by atoms with E-state index in [1.165, 1.54) is 0 Å². The first-order valence-electron chi connectivity index (χ1n) is 6.43. The largest absolute Gasteiger partial charge is 0.464 e. The van der Waals surface area contributed by atoms with Gasteiger partial charge in [-0.1, -0.05) is 13.8 Å². The lowest BCUT2D eigenvalue weighted by molar-refractivity contribution is 0.199. The number of furan rings is 1. The molecule has 1 rings (SSSR count). The molecule has 0 aromatic carbocycles. The monoisotopic (exact) mass is 289 g/mol. The van der Waals surface area contributed by atoms with Gasteiger partial charge in [0.15, 0.2) is 9.84 Å². The predicted octanol–water partition coefficient (Wildman–Crippen LogP) is 1.73. The fraction of sp³-hybridized carbons (Fsp3) is 0.692.